The molecule has 1 N–H and O–H groups in total. The fourth-order valence-electron chi connectivity index (χ4n) is 2.13. The number of alkyl halides is 3. The minimum absolute atomic E-state index is 0.00228. The third-order valence-corrected chi connectivity index (χ3v) is 3.48. The van der Waals surface area contributed by atoms with E-state index in [1.54, 1.807) is 6.07 Å². The molecule has 128 valence electrons. The number of aromatic nitrogens is 4. The van der Waals surface area contributed by atoms with Gasteiger partial charge < -0.3 is 5.32 Å². The van der Waals surface area contributed by atoms with Gasteiger partial charge in [-0.2, -0.15) is 17.9 Å². The summed E-state index contributed by atoms with van der Waals surface area (Å²) in [6.07, 6.45) is -3.22. The Morgan fingerprint density at radius 2 is 1.96 bits per heavy atom. The van der Waals surface area contributed by atoms with E-state index in [-0.39, 0.29) is 16.3 Å². The molecule has 10 heteroatoms. The van der Waals surface area contributed by atoms with Gasteiger partial charge in [0, 0.05) is 10.7 Å². The van der Waals surface area contributed by atoms with Gasteiger partial charge in [-0.05, 0) is 46.8 Å². The molecule has 0 radical (unpaired) electrons. The zero-order valence-corrected chi connectivity index (χ0v) is 13.1. The summed E-state index contributed by atoms with van der Waals surface area (Å²) in [5, 5.41) is 13.4. The Kier molecular flexibility index (Phi) is 4.41. The highest BCUT2D eigenvalue weighted by atomic mass is 35.5. The van der Waals surface area contributed by atoms with Crippen LogP contribution in [0.15, 0.2) is 48.8 Å². The van der Waals surface area contributed by atoms with E-state index in [0.717, 1.165) is 12.1 Å². The van der Waals surface area contributed by atoms with Crippen LogP contribution >= 0.6 is 11.6 Å². The molecule has 0 unspecified atom stereocenters. The summed E-state index contributed by atoms with van der Waals surface area (Å²) >= 11 is 5.92. The first kappa shape index (κ1) is 16.9. The van der Waals surface area contributed by atoms with Crippen LogP contribution in [0.25, 0.3) is 5.69 Å². The number of tetrazole rings is 1. The maximum atomic E-state index is 12.8. The quantitative estimate of drug-likeness (QED) is 0.768. The van der Waals surface area contributed by atoms with Crippen molar-refractivity contribution in [3.63, 3.8) is 0 Å². The second-order valence-corrected chi connectivity index (χ2v) is 5.38. The van der Waals surface area contributed by atoms with Gasteiger partial charge in [0.05, 0.1) is 16.8 Å². The highest BCUT2D eigenvalue weighted by Gasteiger charge is 2.30. The molecule has 1 heterocycles. The lowest BCUT2D eigenvalue weighted by atomic mass is 10.1. The zero-order chi connectivity index (χ0) is 18.0. The van der Waals surface area contributed by atoms with Crippen molar-refractivity contribution < 1.29 is 18.0 Å². The van der Waals surface area contributed by atoms with Crippen molar-refractivity contribution in [1.29, 1.82) is 0 Å². The number of hydrogen-bond donors (Lipinski definition) is 1. The predicted molar refractivity (Wildman–Crippen MR) is 83.6 cm³/mol. The first-order valence-corrected chi connectivity index (χ1v) is 7.24. The van der Waals surface area contributed by atoms with Gasteiger partial charge in [-0.3, -0.25) is 4.79 Å². The van der Waals surface area contributed by atoms with E-state index in [1.807, 2.05) is 0 Å². The van der Waals surface area contributed by atoms with Crippen LogP contribution in [0.4, 0.5) is 18.9 Å². The summed E-state index contributed by atoms with van der Waals surface area (Å²) in [5.41, 5.74) is -0.421. The second kappa shape index (κ2) is 6.52. The molecule has 1 amide bonds. The molecule has 0 bridgehead atoms. The van der Waals surface area contributed by atoms with Crippen molar-refractivity contribution in [3.05, 3.63) is 64.9 Å². The molecule has 3 rings (SSSR count). The minimum Gasteiger partial charge on any atom is -0.322 e. The van der Waals surface area contributed by atoms with Crippen LogP contribution in [0.3, 0.4) is 0 Å². The Labute approximate surface area is 144 Å². The van der Waals surface area contributed by atoms with Crippen LogP contribution in [0.1, 0.15) is 15.9 Å². The molecule has 0 atom stereocenters. The van der Waals surface area contributed by atoms with Crippen molar-refractivity contribution in [2.24, 2.45) is 0 Å². The topological polar surface area (TPSA) is 72.7 Å². The fourth-order valence-corrected chi connectivity index (χ4v) is 2.31. The standard InChI is InChI=1S/C15H9ClF3N5O/c16-10-4-5-13(24-8-20-22-23-24)12(7-10)14(25)21-11-3-1-2-9(6-11)15(17,18)19/h1-8H,(H,21,25). The number of carbonyl (C=O) groups is 1. The number of rotatable bonds is 3. The van der Waals surface area contributed by atoms with E-state index in [1.165, 1.54) is 35.3 Å². The van der Waals surface area contributed by atoms with Crippen LogP contribution in [-0.4, -0.2) is 26.1 Å². The van der Waals surface area contributed by atoms with Gasteiger partial charge in [0.2, 0.25) is 0 Å². The highest BCUT2D eigenvalue weighted by molar-refractivity contribution is 6.31. The third-order valence-electron chi connectivity index (χ3n) is 3.25. The Hall–Kier alpha value is -2.94. The van der Waals surface area contributed by atoms with E-state index in [2.05, 4.69) is 20.8 Å². The number of amides is 1. The van der Waals surface area contributed by atoms with Crippen LogP contribution < -0.4 is 5.32 Å². The van der Waals surface area contributed by atoms with Crippen molar-refractivity contribution >= 4 is 23.2 Å². The molecule has 0 saturated heterocycles. The molecule has 0 saturated carbocycles. The van der Waals surface area contributed by atoms with Crippen LogP contribution in [0.5, 0.6) is 0 Å². The molecule has 0 fully saturated rings. The van der Waals surface area contributed by atoms with Crippen molar-refractivity contribution in [2.45, 2.75) is 6.18 Å². The molecule has 0 aliphatic rings. The van der Waals surface area contributed by atoms with E-state index >= 15 is 0 Å². The Morgan fingerprint density at radius 1 is 1.16 bits per heavy atom. The van der Waals surface area contributed by atoms with E-state index in [4.69, 9.17) is 11.6 Å². The van der Waals surface area contributed by atoms with E-state index in [9.17, 15) is 18.0 Å². The molecule has 1 aromatic heterocycles. The van der Waals surface area contributed by atoms with Crippen LogP contribution in [0.2, 0.25) is 5.02 Å². The Balaban J connectivity index is 1.93. The third kappa shape index (κ3) is 3.77. The molecule has 3 aromatic rings. The molecular weight excluding hydrogens is 359 g/mol. The number of anilines is 1. The van der Waals surface area contributed by atoms with Gasteiger partial charge in [0.15, 0.2) is 0 Å². The molecule has 2 aromatic carbocycles. The number of carbonyl (C=O) groups excluding carboxylic acids is 1. The summed E-state index contributed by atoms with van der Waals surface area (Å²) in [7, 11) is 0. The molecule has 6 nitrogen and oxygen atoms in total. The summed E-state index contributed by atoms with van der Waals surface area (Å²) in [5.74, 6) is -0.646. The molecule has 25 heavy (non-hydrogen) atoms. The normalized spacial score (nSPS) is 11.4. The monoisotopic (exact) mass is 367 g/mol. The van der Waals surface area contributed by atoms with Crippen LogP contribution in [0, 0.1) is 0 Å². The van der Waals surface area contributed by atoms with Gasteiger partial charge in [-0.1, -0.05) is 17.7 Å². The Morgan fingerprint density at radius 3 is 2.64 bits per heavy atom. The molecule has 0 spiro atoms. The van der Waals surface area contributed by atoms with Gasteiger partial charge >= 0.3 is 6.18 Å². The van der Waals surface area contributed by atoms with Gasteiger partial charge in [-0.25, -0.2) is 0 Å². The predicted octanol–water partition coefficient (Wildman–Crippen LogP) is 3.59. The largest absolute Gasteiger partial charge is 0.416 e. The van der Waals surface area contributed by atoms with Gasteiger partial charge in [-0.15, -0.1) is 5.10 Å². The van der Waals surface area contributed by atoms with Crippen LogP contribution in [-0.2, 0) is 6.18 Å². The average Bonchev–Trinajstić information content (AvgIpc) is 3.08. The summed E-state index contributed by atoms with van der Waals surface area (Å²) in [6.45, 7) is 0. The van der Waals surface area contributed by atoms with Crippen molar-refractivity contribution in [2.75, 3.05) is 5.32 Å². The van der Waals surface area contributed by atoms with E-state index < -0.39 is 17.6 Å². The first-order chi connectivity index (χ1) is 11.8. The fraction of sp³-hybridized carbons (Fsp3) is 0.0667. The second-order valence-electron chi connectivity index (χ2n) is 4.95. The lowest BCUT2D eigenvalue weighted by Gasteiger charge is -2.12. The SMILES string of the molecule is O=C(Nc1cccc(C(F)(F)F)c1)c1cc(Cl)ccc1-n1cnnn1. The lowest BCUT2D eigenvalue weighted by molar-refractivity contribution is -0.137. The van der Waals surface area contributed by atoms with Crippen molar-refractivity contribution in [1.82, 2.24) is 20.2 Å². The number of nitrogens with one attached hydrogen (secondary N) is 1. The van der Waals surface area contributed by atoms with Gasteiger partial charge in [0.1, 0.15) is 6.33 Å². The lowest BCUT2D eigenvalue weighted by Crippen LogP contribution is -2.16. The smallest absolute Gasteiger partial charge is 0.322 e. The highest BCUT2D eigenvalue weighted by Crippen LogP contribution is 2.31. The molecule has 0 aliphatic heterocycles. The first-order valence-electron chi connectivity index (χ1n) is 6.86. The van der Waals surface area contributed by atoms with Crippen molar-refractivity contribution in [3.8, 4) is 5.69 Å². The molecular formula is C15H9ClF3N5O. The summed E-state index contributed by atoms with van der Waals surface area (Å²) in [6, 6.07) is 8.77. The number of nitrogens with zero attached hydrogens (tertiary/aromatic N) is 4. The maximum absolute atomic E-state index is 12.8. The summed E-state index contributed by atoms with van der Waals surface area (Å²) in [4.78, 5) is 12.5. The molecule has 0 aliphatic carbocycles. The maximum Gasteiger partial charge on any atom is 0.416 e. The summed E-state index contributed by atoms with van der Waals surface area (Å²) < 4.78 is 39.6. The number of benzene rings is 2. The number of halogens is 4. The zero-order valence-electron chi connectivity index (χ0n) is 12.3. The van der Waals surface area contributed by atoms with Gasteiger partial charge in [0.25, 0.3) is 5.91 Å². The minimum atomic E-state index is -4.51. The Bertz CT molecular complexity index is 912. The number of hydrogen-bond acceptors (Lipinski definition) is 4. The van der Waals surface area contributed by atoms with E-state index in [0.29, 0.717) is 5.69 Å². The average molecular weight is 368 g/mol.